The Balaban J connectivity index is 1.51. The lowest BCUT2D eigenvalue weighted by molar-refractivity contribution is 0.0928. The minimum Gasteiger partial charge on any atom is -0.462 e. The lowest BCUT2D eigenvalue weighted by Crippen LogP contribution is -2.49. The number of rotatable bonds is 4. The third kappa shape index (κ3) is 3.77. The first-order valence-electron chi connectivity index (χ1n) is 8.58. The number of piperidine rings is 1. The van der Waals surface area contributed by atoms with Gasteiger partial charge in [-0.2, -0.15) is 0 Å². The van der Waals surface area contributed by atoms with E-state index in [0.717, 1.165) is 19.0 Å². The Morgan fingerprint density at radius 1 is 1.30 bits per heavy atom. The summed E-state index contributed by atoms with van der Waals surface area (Å²) in [5.74, 6) is -1.47. The van der Waals surface area contributed by atoms with E-state index in [0.29, 0.717) is 27.8 Å². The Hall–Kier alpha value is -2.58. The van der Waals surface area contributed by atoms with Crippen LogP contribution in [0.15, 0.2) is 47.2 Å². The number of thiazole rings is 1. The lowest BCUT2D eigenvalue weighted by Gasteiger charge is -2.33. The van der Waals surface area contributed by atoms with Gasteiger partial charge in [0.2, 0.25) is 0 Å². The Morgan fingerprint density at radius 2 is 2.19 bits per heavy atom. The molecule has 0 aliphatic carbocycles. The summed E-state index contributed by atoms with van der Waals surface area (Å²) in [5.41, 5.74) is 0.682. The second-order valence-corrected chi connectivity index (χ2v) is 7.39. The largest absolute Gasteiger partial charge is 0.462 e. The van der Waals surface area contributed by atoms with Crippen molar-refractivity contribution in [2.45, 2.75) is 18.4 Å². The first-order valence-corrected chi connectivity index (χ1v) is 9.39. The van der Waals surface area contributed by atoms with Gasteiger partial charge in [0.25, 0.3) is 5.91 Å². The molecular weight excluding hydrogens is 372 g/mol. The van der Waals surface area contributed by atoms with Gasteiger partial charge in [-0.15, -0.1) is 11.3 Å². The number of hydrogen-bond acceptors (Lipinski definition) is 5. The molecule has 0 saturated carbocycles. The van der Waals surface area contributed by atoms with E-state index < -0.39 is 11.6 Å². The smallest absolute Gasteiger partial charge is 0.263 e. The fourth-order valence-electron chi connectivity index (χ4n) is 3.28. The van der Waals surface area contributed by atoms with Gasteiger partial charge in [-0.25, -0.2) is 13.8 Å². The van der Waals surface area contributed by atoms with Crippen LogP contribution in [0, 0.1) is 11.6 Å². The molecule has 3 heterocycles. The van der Waals surface area contributed by atoms with E-state index in [1.54, 1.807) is 24.5 Å². The number of aromatic nitrogens is 1. The average molecular weight is 389 g/mol. The molecule has 0 bridgehead atoms. The van der Waals surface area contributed by atoms with Crippen molar-refractivity contribution < 1.29 is 18.0 Å². The van der Waals surface area contributed by atoms with E-state index in [2.05, 4.69) is 15.6 Å². The van der Waals surface area contributed by atoms with Crippen LogP contribution in [-0.4, -0.2) is 30.0 Å². The van der Waals surface area contributed by atoms with Gasteiger partial charge in [0.1, 0.15) is 4.88 Å². The minimum absolute atomic E-state index is 0.0947. The van der Waals surface area contributed by atoms with Gasteiger partial charge in [0.05, 0.1) is 12.5 Å². The molecule has 0 spiro atoms. The number of nitrogens with zero attached hydrogens (tertiary/aromatic N) is 1. The lowest BCUT2D eigenvalue weighted by atomic mass is 9.86. The van der Waals surface area contributed by atoms with Crippen LogP contribution >= 0.6 is 11.3 Å². The second kappa shape index (κ2) is 7.58. The van der Waals surface area contributed by atoms with Crippen LogP contribution in [0.2, 0.25) is 0 Å². The molecule has 27 heavy (non-hydrogen) atoms. The van der Waals surface area contributed by atoms with Crippen molar-refractivity contribution in [3.05, 3.63) is 64.9 Å². The van der Waals surface area contributed by atoms with Crippen molar-refractivity contribution in [1.29, 1.82) is 0 Å². The molecule has 2 N–H and O–H groups in total. The number of nitrogens with one attached hydrogen (secondary N) is 2. The molecule has 1 fully saturated rings. The molecule has 3 aromatic rings. The maximum Gasteiger partial charge on any atom is 0.263 e. The molecule has 4 rings (SSSR count). The quantitative estimate of drug-likeness (QED) is 0.716. The number of furan rings is 1. The zero-order valence-corrected chi connectivity index (χ0v) is 15.1. The van der Waals surface area contributed by atoms with Crippen molar-refractivity contribution in [2.75, 3.05) is 13.1 Å². The molecule has 0 radical (unpaired) electrons. The standard InChI is InChI=1S/C19H17F2N3O2S/c20-13-4-3-11(8-14(13)21)12-5-6-22-9-15(12)24-18(25)17-10-23-19(27-17)16-2-1-7-26-16/h1-4,7-8,10,12,15,22H,5-6,9H2,(H,24,25). The maximum atomic E-state index is 13.6. The van der Waals surface area contributed by atoms with Crippen molar-refractivity contribution >= 4 is 17.2 Å². The molecule has 2 aromatic heterocycles. The van der Waals surface area contributed by atoms with E-state index in [1.165, 1.54) is 23.6 Å². The summed E-state index contributed by atoms with van der Waals surface area (Å²) in [4.78, 5) is 17.4. The fourth-order valence-corrected chi connectivity index (χ4v) is 4.07. The highest BCUT2D eigenvalue weighted by atomic mass is 32.1. The zero-order chi connectivity index (χ0) is 18.8. The number of halogens is 2. The average Bonchev–Trinajstić information content (AvgIpc) is 3.36. The molecule has 140 valence electrons. The van der Waals surface area contributed by atoms with Crippen LogP contribution < -0.4 is 10.6 Å². The van der Waals surface area contributed by atoms with Crippen molar-refractivity contribution in [3.8, 4) is 10.8 Å². The van der Waals surface area contributed by atoms with Gasteiger partial charge in [-0.3, -0.25) is 4.79 Å². The van der Waals surface area contributed by atoms with Crippen LogP contribution in [0.4, 0.5) is 8.78 Å². The van der Waals surface area contributed by atoms with Crippen LogP contribution in [0.25, 0.3) is 10.8 Å². The minimum atomic E-state index is -0.873. The predicted molar refractivity (Wildman–Crippen MR) is 97.7 cm³/mol. The molecule has 1 aromatic carbocycles. The Kier molecular flexibility index (Phi) is 5.00. The van der Waals surface area contributed by atoms with E-state index in [9.17, 15) is 13.6 Å². The summed E-state index contributed by atoms with van der Waals surface area (Å²) in [5, 5.41) is 6.86. The van der Waals surface area contributed by atoms with Crippen LogP contribution in [0.5, 0.6) is 0 Å². The molecule has 2 atom stereocenters. The van der Waals surface area contributed by atoms with Gasteiger partial charge in [0.15, 0.2) is 22.4 Å². The van der Waals surface area contributed by atoms with E-state index in [1.807, 2.05) is 0 Å². The van der Waals surface area contributed by atoms with Gasteiger partial charge >= 0.3 is 0 Å². The van der Waals surface area contributed by atoms with Gasteiger partial charge < -0.3 is 15.1 Å². The monoisotopic (exact) mass is 389 g/mol. The first-order chi connectivity index (χ1) is 13.1. The third-order valence-corrected chi connectivity index (χ3v) is 5.64. The maximum absolute atomic E-state index is 13.6. The van der Waals surface area contributed by atoms with Crippen molar-refractivity contribution in [2.24, 2.45) is 0 Å². The molecule has 1 aliphatic rings. The van der Waals surface area contributed by atoms with E-state index in [4.69, 9.17) is 4.42 Å². The van der Waals surface area contributed by atoms with E-state index >= 15 is 0 Å². The summed E-state index contributed by atoms with van der Waals surface area (Å²) in [7, 11) is 0. The number of carbonyl (C=O) groups is 1. The highest BCUT2D eigenvalue weighted by molar-refractivity contribution is 7.16. The van der Waals surface area contributed by atoms with Crippen LogP contribution in [0.3, 0.4) is 0 Å². The molecule has 1 aliphatic heterocycles. The van der Waals surface area contributed by atoms with E-state index in [-0.39, 0.29) is 17.9 Å². The number of benzene rings is 1. The van der Waals surface area contributed by atoms with Gasteiger partial charge in [-0.1, -0.05) is 6.07 Å². The normalized spacial score (nSPS) is 19.8. The summed E-state index contributed by atoms with van der Waals surface area (Å²) >= 11 is 1.24. The summed E-state index contributed by atoms with van der Waals surface area (Å²) in [6, 6.07) is 7.23. The molecule has 2 unspecified atom stereocenters. The SMILES string of the molecule is O=C(NC1CNCCC1c1ccc(F)c(F)c1)c1cnc(-c2ccco2)s1. The molecule has 1 saturated heterocycles. The molecular formula is C19H17F2N3O2S. The number of carbonyl (C=O) groups excluding carboxylic acids is 1. The first kappa shape index (κ1) is 17.8. The number of amides is 1. The van der Waals surface area contributed by atoms with Crippen molar-refractivity contribution in [1.82, 2.24) is 15.6 Å². The second-order valence-electron chi connectivity index (χ2n) is 6.36. The predicted octanol–water partition coefficient (Wildman–Crippen LogP) is 3.56. The van der Waals surface area contributed by atoms with Crippen LogP contribution in [-0.2, 0) is 0 Å². The summed E-state index contributed by atoms with van der Waals surface area (Å²) in [6.07, 6.45) is 3.79. The highest BCUT2D eigenvalue weighted by Crippen LogP contribution is 2.29. The molecule has 5 nitrogen and oxygen atoms in total. The summed E-state index contributed by atoms with van der Waals surface area (Å²) < 4.78 is 32.2. The highest BCUT2D eigenvalue weighted by Gasteiger charge is 2.29. The zero-order valence-electron chi connectivity index (χ0n) is 14.2. The number of hydrogen-bond donors (Lipinski definition) is 2. The topological polar surface area (TPSA) is 67.2 Å². The molecule has 1 amide bonds. The van der Waals surface area contributed by atoms with Crippen molar-refractivity contribution in [3.63, 3.8) is 0 Å². The fraction of sp³-hybridized carbons (Fsp3) is 0.263. The Labute approximate surface area is 158 Å². The van der Waals surface area contributed by atoms with Gasteiger partial charge in [0, 0.05) is 18.5 Å². The Morgan fingerprint density at radius 3 is 2.96 bits per heavy atom. The van der Waals surface area contributed by atoms with Gasteiger partial charge in [-0.05, 0) is 42.8 Å². The summed E-state index contributed by atoms with van der Waals surface area (Å²) in [6.45, 7) is 1.30. The third-order valence-electron chi connectivity index (χ3n) is 4.63. The van der Waals surface area contributed by atoms with Crippen LogP contribution in [0.1, 0.15) is 27.6 Å². The Bertz CT molecular complexity index is 942. The molecule has 8 heteroatoms.